The summed E-state index contributed by atoms with van der Waals surface area (Å²) < 4.78 is 9.63. The van der Waals surface area contributed by atoms with Gasteiger partial charge in [0, 0.05) is 26.1 Å². The van der Waals surface area contributed by atoms with E-state index in [1.807, 2.05) is 0 Å². The van der Waals surface area contributed by atoms with Crippen molar-refractivity contribution in [1.29, 1.82) is 0 Å². The number of rotatable bonds is 7. The maximum atomic E-state index is 12.4. The number of carbonyl (C=O) groups excluding carboxylic acids is 2. The zero-order valence-electron chi connectivity index (χ0n) is 11.8. The standard InChI is InChI=1S/C14H23NO4/c1-18-11-10-15(9-8-13(16)19-2)14(17)12-6-4-3-5-7-12/h3-4,12H,5-11H2,1-2H3. The molecule has 5 heteroatoms. The molecule has 0 aromatic carbocycles. The van der Waals surface area contributed by atoms with E-state index in [0.29, 0.717) is 19.7 Å². The first-order valence-corrected chi connectivity index (χ1v) is 6.68. The number of esters is 1. The molecule has 1 rings (SSSR count). The van der Waals surface area contributed by atoms with Crippen molar-refractivity contribution in [1.82, 2.24) is 4.90 Å². The van der Waals surface area contributed by atoms with Crippen LogP contribution in [0.3, 0.4) is 0 Å². The monoisotopic (exact) mass is 269 g/mol. The topological polar surface area (TPSA) is 55.8 Å². The molecule has 1 unspecified atom stereocenters. The Bertz CT molecular complexity index is 327. The Morgan fingerprint density at radius 3 is 2.63 bits per heavy atom. The number of amides is 1. The fourth-order valence-corrected chi connectivity index (χ4v) is 2.14. The fourth-order valence-electron chi connectivity index (χ4n) is 2.14. The molecule has 0 spiro atoms. The van der Waals surface area contributed by atoms with Gasteiger partial charge in [0.2, 0.25) is 5.91 Å². The summed E-state index contributed by atoms with van der Waals surface area (Å²) in [6.45, 7) is 1.40. The molecular formula is C14H23NO4. The number of nitrogens with zero attached hydrogens (tertiary/aromatic N) is 1. The highest BCUT2D eigenvalue weighted by molar-refractivity contribution is 5.80. The predicted octanol–water partition coefficient (Wildman–Crippen LogP) is 1.38. The molecule has 0 heterocycles. The third-order valence-electron chi connectivity index (χ3n) is 3.31. The van der Waals surface area contributed by atoms with E-state index in [2.05, 4.69) is 16.9 Å². The van der Waals surface area contributed by atoms with Gasteiger partial charge < -0.3 is 14.4 Å². The third kappa shape index (κ3) is 5.42. The summed E-state index contributed by atoms with van der Waals surface area (Å²) >= 11 is 0. The number of allylic oxidation sites excluding steroid dienone is 2. The summed E-state index contributed by atoms with van der Waals surface area (Å²) in [4.78, 5) is 25.3. The van der Waals surface area contributed by atoms with Gasteiger partial charge in [0.15, 0.2) is 0 Å². The van der Waals surface area contributed by atoms with E-state index in [0.717, 1.165) is 19.3 Å². The molecule has 0 aliphatic heterocycles. The number of hydrogen-bond donors (Lipinski definition) is 0. The van der Waals surface area contributed by atoms with Gasteiger partial charge in [-0.05, 0) is 19.3 Å². The van der Waals surface area contributed by atoms with Crippen LogP contribution in [0.15, 0.2) is 12.2 Å². The average Bonchev–Trinajstić information content (AvgIpc) is 2.47. The van der Waals surface area contributed by atoms with E-state index in [4.69, 9.17) is 4.74 Å². The molecule has 1 atom stereocenters. The largest absolute Gasteiger partial charge is 0.469 e. The van der Waals surface area contributed by atoms with Crippen LogP contribution in [0.4, 0.5) is 0 Å². The third-order valence-corrected chi connectivity index (χ3v) is 3.31. The van der Waals surface area contributed by atoms with E-state index in [9.17, 15) is 9.59 Å². The van der Waals surface area contributed by atoms with Crippen molar-refractivity contribution in [3.8, 4) is 0 Å². The molecular weight excluding hydrogens is 246 g/mol. The number of carbonyl (C=O) groups is 2. The Morgan fingerprint density at radius 1 is 1.26 bits per heavy atom. The van der Waals surface area contributed by atoms with Gasteiger partial charge in [-0.15, -0.1) is 0 Å². The van der Waals surface area contributed by atoms with E-state index < -0.39 is 0 Å². The molecule has 0 radical (unpaired) electrons. The second-order valence-electron chi connectivity index (χ2n) is 4.63. The first-order valence-electron chi connectivity index (χ1n) is 6.68. The molecule has 108 valence electrons. The second kappa shape index (κ2) is 8.69. The fraction of sp³-hybridized carbons (Fsp3) is 0.714. The predicted molar refractivity (Wildman–Crippen MR) is 71.6 cm³/mol. The van der Waals surface area contributed by atoms with Crippen LogP contribution in [0, 0.1) is 5.92 Å². The minimum Gasteiger partial charge on any atom is -0.469 e. The lowest BCUT2D eigenvalue weighted by Gasteiger charge is -2.27. The molecule has 1 aliphatic carbocycles. The van der Waals surface area contributed by atoms with Crippen LogP contribution in [-0.2, 0) is 19.1 Å². The lowest BCUT2D eigenvalue weighted by molar-refractivity contribution is -0.142. The summed E-state index contributed by atoms with van der Waals surface area (Å²) in [7, 11) is 2.96. The first kappa shape index (κ1) is 15.7. The summed E-state index contributed by atoms with van der Waals surface area (Å²) in [6, 6.07) is 0. The Balaban J connectivity index is 2.53. The highest BCUT2D eigenvalue weighted by Crippen LogP contribution is 2.20. The molecule has 5 nitrogen and oxygen atoms in total. The molecule has 19 heavy (non-hydrogen) atoms. The van der Waals surface area contributed by atoms with Crippen molar-refractivity contribution in [3.05, 3.63) is 12.2 Å². The molecule has 0 fully saturated rings. The Hall–Kier alpha value is -1.36. The summed E-state index contributed by atoms with van der Waals surface area (Å²) in [6.07, 6.45) is 7.02. The first-order chi connectivity index (χ1) is 9.19. The SMILES string of the molecule is COCCN(CCC(=O)OC)C(=O)C1CC=CCC1. The Labute approximate surface area is 114 Å². The van der Waals surface area contributed by atoms with Crippen molar-refractivity contribution < 1.29 is 19.1 Å². The van der Waals surface area contributed by atoms with Crippen molar-refractivity contribution in [3.63, 3.8) is 0 Å². The smallest absolute Gasteiger partial charge is 0.307 e. The lowest BCUT2D eigenvalue weighted by atomic mass is 9.93. The van der Waals surface area contributed by atoms with Crippen molar-refractivity contribution >= 4 is 11.9 Å². The van der Waals surface area contributed by atoms with Crippen LogP contribution in [-0.4, -0.2) is 50.7 Å². The lowest BCUT2D eigenvalue weighted by Crippen LogP contribution is -2.40. The van der Waals surface area contributed by atoms with Crippen LogP contribution < -0.4 is 0 Å². The number of methoxy groups -OCH3 is 2. The van der Waals surface area contributed by atoms with Crippen molar-refractivity contribution in [2.75, 3.05) is 33.9 Å². The van der Waals surface area contributed by atoms with Gasteiger partial charge in [-0.3, -0.25) is 9.59 Å². The molecule has 0 aromatic rings. The van der Waals surface area contributed by atoms with Crippen molar-refractivity contribution in [2.45, 2.75) is 25.7 Å². The molecule has 0 N–H and O–H groups in total. The molecule has 0 saturated heterocycles. The van der Waals surface area contributed by atoms with Crippen molar-refractivity contribution in [2.24, 2.45) is 5.92 Å². The minimum atomic E-state index is -0.293. The van der Waals surface area contributed by atoms with Gasteiger partial charge in [0.05, 0.1) is 20.1 Å². The second-order valence-corrected chi connectivity index (χ2v) is 4.63. The zero-order chi connectivity index (χ0) is 14.1. The minimum absolute atomic E-state index is 0.0412. The maximum Gasteiger partial charge on any atom is 0.307 e. The van der Waals surface area contributed by atoms with Gasteiger partial charge in [0.25, 0.3) is 0 Å². The van der Waals surface area contributed by atoms with E-state index in [1.165, 1.54) is 7.11 Å². The van der Waals surface area contributed by atoms with E-state index in [1.54, 1.807) is 12.0 Å². The molecule has 0 aromatic heterocycles. The Morgan fingerprint density at radius 2 is 2.05 bits per heavy atom. The van der Waals surface area contributed by atoms with Gasteiger partial charge in [-0.1, -0.05) is 12.2 Å². The van der Waals surface area contributed by atoms with Crippen LogP contribution in [0.25, 0.3) is 0 Å². The molecule has 1 amide bonds. The molecule has 0 saturated carbocycles. The summed E-state index contributed by atoms with van der Waals surface area (Å²) in [5.74, 6) is -0.136. The summed E-state index contributed by atoms with van der Waals surface area (Å²) in [5.41, 5.74) is 0. The zero-order valence-corrected chi connectivity index (χ0v) is 11.8. The normalized spacial score (nSPS) is 18.1. The maximum absolute atomic E-state index is 12.4. The van der Waals surface area contributed by atoms with E-state index >= 15 is 0 Å². The quantitative estimate of drug-likeness (QED) is 0.517. The highest BCUT2D eigenvalue weighted by atomic mass is 16.5. The van der Waals surface area contributed by atoms with Gasteiger partial charge in [0.1, 0.15) is 0 Å². The van der Waals surface area contributed by atoms with Crippen LogP contribution in [0.1, 0.15) is 25.7 Å². The van der Waals surface area contributed by atoms with Gasteiger partial charge in [-0.2, -0.15) is 0 Å². The van der Waals surface area contributed by atoms with Crippen LogP contribution in [0.2, 0.25) is 0 Å². The Kier molecular flexibility index (Phi) is 7.18. The van der Waals surface area contributed by atoms with Gasteiger partial charge >= 0.3 is 5.97 Å². The molecule has 1 aliphatic rings. The van der Waals surface area contributed by atoms with Gasteiger partial charge in [-0.25, -0.2) is 0 Å². The molecule has 0 bridgehead atoms. The summed E-state index contributed by atoms with van der Waals surface area (Å²) in [5, 5.41) is 0. The number of hydrogen-bond acceptors (Lipinski definition) is 4. The average molecular weight is 269 g/mol. The van der Waals surface area contributed by atoms with Crippen LogP contribution in [0.5, 0.6) is 0 Å². The highest BCUT2D eigenvalue weighted by Gasteiger charge is 2.24. The van der Waals surface area contributed by atoms with Crippen LogP contribution >= 0.6 is 0 Å². The number of ether oxygens (including phenoxy) is 2. The van der Waals surface area contributed by atoms with E-state index in [-0.39, 0.29) is 24.2 Å².